The summed E-state index contributed by atoms with van der Waals surface area (Å²) >= 11 is 2.25. The maximum absolute atomic E-state index is 5.23. The Kier molecular flexibility index (Phi) is 2.76. The highest BCUT2D eigenvalue weighted by Gasteiger charge is 2.04. The minimum Gasteiger partial charge on any atom is -0.496 e. The summed E-state index contributed by atoms with van der Waals surface area (Å²) in [4.78, 5) is 0. The van der Waals surface area contributed by atoms with Crippen LogP contribution in [-0.2, 0) is 0 Å². The molecule has 0 N–H and O–H groups in total. The highest BCUT2D eigenvalue weighted by atomic mass is 127. The van der Waals surface area contributed by atoms with Crippen LogP contribution in [0.3, 0.4) is 0 Å². The van der Waals surface area contributed by atoms with Gasteiger partial charge in [-0.15, -0.1) is 0 Å². The first kappa shape index (κ1) is 8.84. The molecule has 2 heteroatoms. The molecular formula is C9H10IO. The van der Waals surface area contributed by atoms with Crippen LogP contribution in [0, 0.1) is 23.5 Å². The van der Waals surface area contributed by atoms with Gasteiger partial charge in [-0.3, -0.25) is 0 Å². The highest BCUT2D eigenvalue weighted by Crippen LogP contribution is 2.25. The molecule has 0 atom stereocenters. The smallest absolute Gasteiger partial charge is 0.125 e. The molecule has 11 heavy (non-hydrogen) atoms. The Hall–Kier alpha value is -0.250. The van der Waals surface area contributed by atoms with Gasteiger partial charge in [-0.2, -0.15) is 0 Å². The summed E-state index contributed by atoms with van der Waals surface area (Å²) in [5.41, 5.74) is 2.32. The predicted molar refractivity (Wildman–Crippen MR) is 54.0 cm³/mol. The van der Waals surface area contributed by atoms with Crippen molar-refractivity contribution in [2.45, 2.75) is 13.8 Å². The van der Waals surface area contributed by atoms with Gasteiger partial charge in [0, 0.05) is 9.13 Å². The minimum atomic E-state index is 0.980. The monoisotopic (exact) mass is 261 g/mol. The quantitative estimate of drug-likeness (QED) is 0.706. The summed E-state index contributed by atoms with van der Waals surface area (Å²) in [6.07, 6.45) is 0. The van der Waals surface area contributed by atoms with Crippen LogP contribution in [0.25, 0.3) is 0 Å². The molecule has 0 aromatic heterocycles. The van der Waals surface area contributed by atoms with Gasteiger partial charge in [0.1, 0.15) is 5.75 Å². The van der Waals surface area contributed by atoms with Gasteiger partial charge < -0.3 is 4.74 Å². The molecule has 0 unspecified atom stereocenters. The summed E-state index contributed by atoms with van der Waals surface area (Å²) in [5.74, 6) is 0.980. The lowest BCUT2D eigenvalue weighted by Gasteiger charge is -2.08. The Morgan fingerprint density at radius 1 is 1.45 bits per heavy atom. The lowest BCUT2D eigenvalue weighted by molar-refractivity contribution is 0.408. The van der Waals surface area contributed by atoms with Crippen molar-refractivity contribution in [1.29, 1.82) is 0 Å². The second kappa shape index (κ2) is 3.43. The number of methoxy groups -OCH3 is 1. The lowest BCUT2D eigenvalue weighted by Crippen LogP contribution is -1.92. The van der Waals surface area contributed by atoms with Crippen LogP contribution < -0.4 is 4.74 Å². The summed E-state index contributed by atoms with van der Waals surface area (Å²) < 4.78 is 6.36. The topological polar surface area (TPSA) is 9.23 Å². The first-order valence-electron chi connectivity index (χ1n) is 3.38. The standard InChI is InChI=1S/C9H10IO/c1-6-4-5-8(10)7(2)9(6)11-3/h4H,1-3H3. The molecule has 1 rings (SSSR count). The second-order valence-corrected chi connectivity index (χ2v) is 3.52. The van der Waals surface area contributed by atoms with Gasteiger partial charge in [0.15, 0.2) is 0 Å². The molecule has 0 spiro atoms. The molecule has 0 amide bonds. The number of rotatable bonds is 1. The molecule has 0 bridgehead atoms. The van der Waals surface area contributed by atoms with E-state index in [1.807, 2.05) is 19.9 Å². The number of hydrogen-bond acceptors (Lipinski definition) is 1. The number of benzene rings is 1. The molecule has 0 aliphatic carbocycles. The normalized spacial score (nSPS) is 9.82. The van der Waals surface area contributed by atoms with Crippen molar-refractivity contribution in [3.05, 3.63) is 26.8 Å². The van der Waals surface area contributed by atoms with Gasteiger partial charge in [0.25, 0.3) is 0 Å². The molecule has 0 saturated heterocycles. The molecule has 0 saturated carbocycles. The number of halogens is 1. The van der Waals surface area contributed by atoms with Crippen molar-refractivity contribution in [3.8, 4) is 5.75 Å². The summed E-state index contributed by atoms with van der Waals surface area (Å²) in [6.45, 7) is 4.07. The van der Waals surface area contributed by atoms with E-state index in [2.05, 4.69) is 28.7 Å². The van der Waals surface area contributed by atoms with Crippen LogP contribution in [0.5, 0.6) is 5.75 Å². The molecule has 0 aliphatic heterocycles. The van der Waals surface area contributed by atoms with E-state index in [0.29, 0.717) is 0 Å². The van der Waals surface area contributed by atoms with Crippen LogP contribution in [0.1, 0.15) is 11.1 Å². The maximum atomic E-state index is 5.23. The summed E-state index contributed by atoms with van der Waals surface area (Å²) in [5, 5.41) is 0. The first-order chi connectivity index (χ1) is 5.16. The Labute approximate surface area is 80.9 Å². The predicted octanol–water partition coefficient (Wildman–Crippen LogP) is 2.72. The Morgan fingerprint density at radius 3 is 2.55 bits per heavy atom. The van der Waals surface area contributed by atoms with Crippen LogP contribution in [0.4, 0.5) is 0 Å². The molecule has 1 aromatic rings. The molecule has 1 aromatic carbocycles. The van der Waals surface area contributed by atoms with E-state index in [0.717, 1.165) is 14.9 Å². The van der Waals surface area contributed by atoms with Crippen molar-refractivity contribution < 1.29 is 4.74 Å². The van der Waals surface area contributed by atoms with Crippen molar-refractivity contribution in [2.24, 2.45) is 0 Å². The average Bonchev–Trinajstić information content (AvgIpc) is 1.99. The van der Waals surface area contributed by atoms with E-state index in [-0.39, 0.29) is 0 Å². The SMILES string of the molecule is COc1c(C)c[c]c(I)c1C. The Bertz CT molecular complexity index is 269. The van der Waals surface area contributed by atoms with Gasteiger partial charge >= 0.3 is 0 Å². The zero-order chi connectivity index (χ0) is 8.43. The van der Waals surface area contributed by atoms with Gasteiger partial charge in [0.05, 0.1) is 7.11 Å². The van der Waals surface area contributed by atoms with Crippen molar-refractivity contribution in [1.82, 2.24) is 0 Å². The number of aryl methyl sites for hydroxylation is 1. The van der Waals surface area contributed by atoms with Crippen molar-refractivity contribution in [2.75, 3.05) is 7.11 Å². The molecule has 0 heterocycles. The highest BCUT2D eigenvalue weighted by molar-refractivity contribution is 14.1. The van der Waals surface area contributed by atoms with E-state index in [4.69, 9.17) is 4.74 Å². The van der Waals surface area contributed by atoms with Crippen LogP contribution in [0.2, 0.25) is 0 Å². The first-order valence-corrected chi connectivity index (χ1v) is 4.46. The molecule has 1 radical (unpaired) electrons. The van der Waals surface area contributed by atoms with Crippen LogP contribution >= 0.6 is 22.6 Å². The average molecular weight is 261 g/mol. The number of ether oxygens (including phenoxy) is 1. The van der Waals surface area contributed by atoms with E-state index in [1.165, 1.54) is 5.56 Å². The van der Waals surface area contributed by atoms with Crippen molar-refractivity contribution >= 4 is 22.6 Å². The van der Waals surface area contributed by atoms with Gasteiger partial charge in [-0.05, 0) is 54.1 Å². The summed E-state index contributed by atoms with van der Waals surface area (Å²) in [7, 11) is 1.70. The molecule has 1 nitrogen and oxygen atoms in total. The van der Waals surface area contributed by atoms with Crippen LogP contribution in [0.15, 0.2) is 6.07 Å². The zero-order valence-electron chi connectivity index (χ0n) is 6.86. The molecular weight excluding hydrogens is 251 g/mol. The van der Waals surface area contributed by atoms with E-state index in [9.17, 15) is 0 Å². The zero-order valence-corrected chi connectivity index (χ0v) is 9.02. The maximum Gasteiger partial charge on any atom is 0.125 e. The van der Waals surface area contributed by atoms with Gasteiger partial charge in [-0.25, -0.2) is 0 Å². The van der Waals surface area contributed by atoms with Crippen molar-refractivity contribution in [3.63, 3.8) is 0 Å². The fourth-order valence-corrected chi connectivity index (χ4v) is 1.46. The van der Waals surface area contributed by atoms with E-state index < -0.39 is 0 Å². The fraction of sp³-hybridized carbons (Fsp3) is 0.333. The van der Waals surface area contributed by atoms with Gasteiger partial charge in [-0.1, -0.05) is 0 Å². The summed E-state index contributed by atoms with van der Waals surface area (Å²) in [6, 6.07) is 5.10. The molecule has 0 aliphatic rings. The van der Waals surface area contributed by atoms with Gasteiger partial charge in [0.2, 0.25) is 0 Å². The third kappa shape index (κ3) is 1.67. The second-order valence-electron chi connectivity index (χ2n) is 2.44. The third-order valence-electron chi connectivity index (χ3n) is 1.65. The molecule has 59 valence electrons. The van der Waals surface area contributed by atoms with Crippen LogP contribution in [-0.4, -0.2) is 7.11 Å². The number of hydrogen-bond donors (Lipinski definition) is 0. The largest absolute Gasteiger partial charge is 0.496 e. The lowest BCUT2D eigenvalue weighted by atomic mass is 10.1. The fourth-order valence-electron chi connectivity index (χ4n) is 1.05. The molecule has 0 fully saturated rings. The third-order valence-corrected chi connectivity index (χ3v) is 2.77. The van der Waals surface area contributed by atoms with E-state index in [1.54, 1.807) is 7.11 Å². The Morgan fingerprint density at radius 2 is 2.09 bits per heavy atom. The minimum absolute atomic E-state index is 0.980. The van der Waals surface area contributed by atoms with E-state index >= 15 is 0 Å². The Balaban J connectivity index is 3.29.